The molecule has 1 aliphatic heterocycles. The van der Waals surface area contributed by atoms with E-state index in [0.717, 1.165) is 6.42 Å². The summed E-state index contributed by atoms with van der Waals surface area (Å²) < 4.78 is 11.2. The van der Waals surface area contributed by atoms with Crippen molar-refractivity contribution in [2.24, 2.45) is 0 Å². The van der Waals surface area contributed by atoms with Gasteiger partial charge in [0.2, 0.25) is 0 Å². The Morgan fingerprint density at radius 2 is 2.41 bits per heavy atom. The highest BCUT2D eigenvalue weighted by molar-refractivity contribution is 6.35. The summed E-state index contributed by atoms with van der Waals surface area (Å²) in [6, 6.07) is -0.243. The molecule has 0 bridgehead atoms. The predicted octanol–water partition coefficient (Wildman–Crippen LogP) is 1.52. The molecule has 0 saturated carbocycles. The molecule has 22 heavy (non-hydrogen) atoms. The summed E-state index contributed by atoms with van der Waals surface area (Å²) in [5, 5.41) is 9.21. The molecule has 122 valence electrons. The second-order valence-corrected chi connectivity index (χ2v) is 5.77. The zero-order chi connectivity index (χ0) is 16.1. The molecule has 1 amide bonds. The Labute approximate surface area is 134 Å². The van der Waals surface area contributed by atoms with Gasteiger partial charge in [-0.05, 0) is 20.3 Å². The number of rotatable bonds is 5. The van der Waals surface area contributed by atoms with Gasteiger partial charge >= 0.3 is 0 Å². The molecule has 1 saturated heterocycles. The number of amides is 1. The van der Waals surface area contributed by atoms with E-state index in [0.29, 0.717) is 19.8 Å². The van der Waals surface area contributed by atoms with Gasteiger partial charge in [-0.25, -0.2) is 0 Å². The molecule has 1 fully saturated rings. The van der Waals surface area contributed by atoms with E-state index < -0.39 is 0 Å². The maximum absolute atomic E-state index is 12.2. The van der Waals surface area contributed by atoms with Gasteiger partial charge in [0, 0.05) is 6.61 Å². The third-order valence-corrected chi connectivity index (χ3v) is 3.75. The van der Waals surface area contributed by atoms with Gasteiger partial charge in [-0.3, -0.25) is 9.89 Å². The SMILES string of the molecule is CC(C)=CCO[C@H]1CCOC[C@H]1NC(=O)c1[nH]nc(N)c1Cl. The van der Waals surface area contributed by atoms with Crippen LogP contribution in [0, 0.1) is 0 Å². The number of nitrogens with two attached hydrogens (primary N) is 1. The van der Waals surface area contributed by atoms with Crippen molar-refractivity contribution in [1.29, 1.82) is 0 Å². The average molecular weight is 329 g/mol. The van der Waals surface area contributed by atoms with Crippen LogP contribution in [0.1, 0.15) is 30.8 Å². The Morgan fingerprint density at radius 1 is 1.64 bits per heavy atom. The van der Waals surface area contributed by atoms with E-state index in [1.165, 1.54) is 5.57 Å². The topological polar surface area (TPSA) is 102 Å². The van der Waals surface area contributed by atoms with Gasteiger partial charge in [-0.15, -0.1) is 0 Å². The van der Waals surface area contributed by atoms with E-state index in [4.69, 9.17) is 26.8 Å². The van der Waals surface area contributed by atoms with E-state index in [2.05, 4.69) is 15.5 Å². The lowest BCUT2D eigenvalue weighted by atomic mass is 10.1. The van der Waals surface area contributed by atoms with Gasteiger partial charge in [0.15, 0.2) is 5.82 Å². The number of carbonyl (C=O) groups is 1. The number of aromatic nitrogens is 2. The summed E-state index contributed by atoms with van der Waals surface area (Å²) in [4.78, 5) is 12.2. The smallest absolute Gasteiger partial charge is 0.271 e. The number of nitrogen functional groups attached to an aromatic ring is 1. The molecule has 1 aliphatic rings. The molecule has 7 nitrogen and oxygen atoms in total. The lowest BCUT2D eigenvalue weighted by Crippen LogP contribution is -2.50. The zero-order valence-electron chi connectivity index (χ0n) is 12.7. The van der Waals surface area contributed by atoms with Crippen LogP contribution in [0.3, 0.4) is 0 Å². The molecule has 2 rings (SSSR count). The second kappa shape index (κ2) is 7.62. The molecule has 0 unspecified atom stereocenters. The minimum absolute atomic E-state index is 0.100. The molecule has 2 atom stereocenters. The highest BCUT2D eigenvalue weighted by Crippen LogP contribution is 2.20. The van der Waals surface area contributed by atoms with Crippen molar-refractivity contribution in [2.75, 3.05) is 25.6 Å². The van der Waals surface area contributed by atoms with Crippen molar-refractivity contribution in [3.8, 4) is 0 Å². The van der Waals surface area contributed by atoms with E-state index in [-0.39, 0.29) is 34.6 Å². The van der Waals surface area contributed by atoms with Crippen LogP contribution in [-0.4, -0.2) is 48.1 Å². The Hall–Kier alpha value is -1.57. The second-order valence-electron chi connectivity index (χ2n) is 5.39. The first-order chi connectivity index (χ1) is 10.5. The Balaban J connectivity index is 1.97. The fourth-order valence-electron chi connectivity index (χ4n) is 2.12. The maximum atomic E-state index is 12.2. The van der Waals surface area contributed by atoms with Crippen molar-refractivity contribution in [3.63, 3.8) is 0 Å². The minimum atomic E-state index is -0.375. The average Bonchev–Trinajstić information content (AvgIpc) is 2.80. The number of hydrogen-bond acceptors (Lipinski definition) is 5. The van der Waals surface area contributed by atoms with Gasteiger partial charge in [-0.2, -0.15) is 5.10 Å². The van der Waals surface area contributed by atoms with Gasteiger partial charge in [0.05, 0.1) is 25.4 Å². The van der Waals surface area contributed by atoms with Gasteiger partial charge in [0.1, 0.15) is 10.7 Å². The fourth-order valence-corrected chi connectivity index (χ4v) is 2.29. The molecule has 8 heteroatoms. The molecular weight excluding hydrogens is 308 g/mol. The van der Waals surface area contributed by atoms with E-state index in [9.17, 15) is 4.79 Å². The third-order valence-electron chi connectivity index (χ3n) is 3.37. The highest BCUT2D eigenvalue weighted by atomic mass is 35.5. The van der Waals surface area contributed by atoms with Crippen LogP contribution >= 0.6 is 11.6 Å². The first-order valence-corrected chi connectivity index (χ1v) is 7.49. The number of aromatic amines is 1. The van der Waals surface area contributed by atoms with Crippen LogP contribution in [0.5, 0.6) is 0 Å². The molecule has 0 radical (unpaired) electrons. The summed E-state index contributed by atoms with van der Waals surface area (Å²) in [5.74, 6) is -0.274. The quantitative estimate of drug-likeness (QED) is 0.711. The molecule has 1 aromatic heterocycles. The molecule has 4 N–H and O–H groups in total. The lowest BCUT2D eigenvalue weighted by molar-refractivity contribution is -0.0457. The number of halogens is 1. The first-order valence-electron chi connectivity index (χ1n) is 7.12. The standard InChI is InChI=1S/C14H21ClN4O3/c1-8(2)3-6-22-10-4-5-21-7-9(10)17-14(20)12-11(15)13(16)19-18-12/h3,9-10H,4-7H2,1-2H3,(H,17,20)(H3,16,18,19)/t9-,10+/m1/s1. The summed E-state index contributed by atoms with van der Waals surface area (Å²) in [7, 11) is 0. The number of H-pyrrole nitrogens is 1. The molecule has 0 spiro atoms. The number of allylic oxidation sites excluding steroid dienone is 1. The van der Waals surface area contributed by atoms with E-state index in [1.807, 2.05) is 19.9 Å². The van der Waals surface area contributed by atoms with Crippen molar-refractivity contribution in [2.45, 2.75) is 32.4 Å². The molecule has 0 aromatic carbocycles. The van der Waals surface area contributed by atoms with Gasteiger partial charge in [0.25, 0.3) is 5.91 Å². The molecule has 2 heterocycles. The number of carbonyl (C=O) groups excluding carboxylic acids is 1. The van der Waals surface area contributed by atoms with Crippen LogP contribution in [0.4, 0.5) is 5.82 Å². The highest BCUT2D eigenvalue weighted by Gasteiger charge is 2.29. The molecule has 0 aliphatic carbocycles. The van der Waals surface area contributed by atoms with Gasteiger partial charge in [-0.1, -0.05) is 23.3 Å². The maximum Gasteiger partial charge on any atom is 0.271 e. The Morgan fingerprint density at radius 3 is 3.05 bits per heavy atom. The first kappa shape index (κ1) is 16.8. The molecular formula is C14H21ClN4O3. The van der Waals surface area contributed by atoms with Crippen LogP contribution in [0.25, 0.3) is 0 Å². The number of nitrogens with one attached hydrogen (secondary N) is 2. The van der Waals surface area contributed by atoms with Gasteiger partial charge < -0.3 is 20.5 Å². The summed E-state index contributed by atoms with van der Waals surface area (Å²) in [5.41, 5.74) is 6.86. The Kier molecular flexibility index (Phi) is 5.82. The largest absolute Gasteiger partial charge is 0.381 e. The summed E-state index contributed by atoms with van der Waals surface area (Å²) in [6.07, 6.45) is 2.62. The van der Waals surface area contributed by atoms with Crippen LogP contribution in [-0.2, 0) is 9.47 Å². The number of anilines is 1. The number of ether oxygens (including phenoxy) is 2. The fraction of sp³-hybridized carbons (Fsp3) is 0.571. The van der Waals surface area contributed by atoms with Crippen LogP contribution in [0.2, 0.25) is 5.02 Å². The molecule has 1 aromatic rings. The predicted molar refractivity (Wildman–Crippen MR) is 83.9 cm³/mol. The summed E-state index contributed by atoms with van der Waals surface area (Å²) in [6.45, 7) is 5.54. The monoisotopic (exact) mass is 328 g/mol. The summed E-state index contributed by atoms with van der Waals surface area (Å²) >= 11 is 5.93. The van der Waals surface area contributed by atoms with Crippen molar-refractivity contribution < 1.29 is 14.3 Å². The number of hydrogen-bond donors (Lipinski definition) is 3. The normalized spacial score (nSPS) is 21.4. The zero-order valence-corrected chi connectivity index (χ0v) is 13.4. The van der Waals surface area contributed by atoms with Crippen molar-refractivity contribution >= 4 is 23.3 Å². The third kappa shape index (κ3) is 4.22. The van der Waals surface area contributed by atoms with Crippen LogP contribution in [0.15, 0.2) is 11.6 Å². The van der Waals surface area contributed by atoms with Crippen molar-refractivity contribution in [1.82, 2.24) is 15.5 Å². The Bertz CT molecular complexity index is 554. The lowest BCUT2D eigenvalue weighted by Gasteiger charge is -2.31. The van der Waals surface area contributed by atoms with E-state index in [1.54, 1.807) is 0 Å². The minimum Gasteiger partial charge on any atom is -0.381 e. The van der Waals surface area contributed by atoms with Crippen molar-refractivity contribution in [3.05, 3.63) is 22.4 Å². The van der Waals surface area contributed by atoms with Crippen LogP contribution < -0.4 is 11.1 Å². The number of nitrogens with zero attached hydrogens (tertiary/aromatic N) is 1. The van der Waals surface area contributed by atoms with E-state index >= 15 is 0 Å².